The highest BCUT2D eigenvalue weighted by Gasteiger charge is 2.33. The zero-order chi connectivity index (χ0) is 19.3. The van der Waals surface area contributed by atoms with E-state index < -0.39 is 0 Å². The zero-order valence-electron chi connectivity index (χ0n) is 18.4. The summed E-state index contributed by atoms with van der Waals surface area (Å²) in [6.45, 7) is 23.8. The van der Waals surface area contributed by atoms with E-state index in [1.165, 1.54) is 0 Å². The van der Waals surface area contributed by atoms with Crippen LogP contribution in [0.5, 0.6) is 0 Å². The Hall–Kier alpha value is -0.160. The molecule has 0 radical (unpaired) electrons. The third-order valence-corrected chi connectivity index (χ3v) is 4.89. The molecule has 0 aromatic heterocycles. The number of rotatable bonds is 9. The smallest absolute Gasteiger partial charge is 0.110 e. The minimum atomic E-state index is 0.0233. The van der Waals surface area contributed by atoms with Gasteiger partial charge in [0.1, 0.15) is 12.2 Å². The summed E-state index contributed by atoms with van der Waals surface area (Å²) in [5, 5.41) is 0. The summed E-state index contributed by atoms with van der Waals surface area (Å²) in [5.41, 5.74) is 0.0467. The Morgan fingerprint density at radius 2 is 0.875 bits per heavy atom. The van der Waals surface area contributed by atoms with Crippen molar-refractivity contribution in [2.24, 2.45) is 10.8 Å². The Morgan fingerprint density at radius 3 is 1.04 bits per heavy atom. The molecule has 0 spiro atoms. The molecule has 0 bridgehead atoms. The fraction of sp³-hybridized carbons (Fsp3) is 1.00. The van der Waals surface area contributed by atoms with Gasteiger partial charge in [-0.15, -0.1) is 0 Å². The summed E-state index contributed by atoms with van der Waals surface area (Å²) in [4.78, 5) is 16.7. The summed E-state index contributed by atoms with van der Waals surface area (Å²) in [6, 6.07) is 0.980. The van der Waals surface area contributed by atoms with Crippen LogP contribution in [0, 0.1) is 10.8 Å². The molecule has 0 aliphatic rings. The molecule has 2 unspecified atom stereocenters. The van der Waals surface area contributed by atoms with Gasteiger partial charge in [-0.25, -0.2) is 9.78 Å². The Morgan fingerprint density at radius 1 is 0.625 bits per heavy atom. The van der Waals surface area contributed by atoms with E-state index in [9.17, 15) is 0 Å². The number of nitrogens with zero attached hydrogens (tertiary/aromatic N) is 2. The molecule has 0 fully saturated rings. The van der Waals surface area contributed by atoms with E-state index in [1.807, 2.05) is 0 Å². The van der Waals surface area contributed by atoms with Crippen LogP contribution in [0.4, 0.5) is 0 Å². The van der Waals surface area contributed by atoms with Crippen molar-refractivity contribution in [2.75, 3.05) is 27.2 Å². The maximum atomic E-state index is 6.03. The quantitative estimate of drug-likeness (QED) is 0.456. The Kier molecular flexibility index (Phi) is 9.45. The second-order valence-corrected chi connectivity index (χ2v) is 9.97. The largest absolute Gasteiger partial charge is 0.301 e. The van der Waals surface area contributed by atoms with Gasteiger partial charge in [0.15, 0.2) is 0 Å². The lowest BCUT2D eigenvalue weighted by atomic mass is 9.88. The van der Waals surface area contributed by atoms with E-state index in [-0.39, 0.29) is 23.0 Å². The standard InChI is InChI=1S/C20H44N2O2/c1-15(2)21(11)13-17(19(5,6)7)23-24-18(20(8,9)10)14-22(12)16(3)4/h15-18H,13-14H2,1-12H3. The first-order chi connectivity index (χ1) is 10.7. The number of likely N-dealkylation sites (N-methyl/N-ethyl adjacent to an activating group) is 2. The normalized spacial score (nSPS) is 16.5. The summed E-state index contributed by atoms with van der Waals surface area (Å²) < 4.78 is 0. The molecule has 0 N–H and O–H groups in total. The highest BCUT2D eigenvalue weighted by atomic mass is 17.2. The molecule has 4 heteroatoms. The van der Waals surface area contributed by atoms with E-state index in [4.69, 9.17) is 9.78 Å². The van der Waals surface area contributed by atoms with Gasteiger partial charge in [-0.05, 0) is 52.6 Å². The summed E-state index contributed by atoms with van der Waals surface area (Å²) in [7, 11) is 4.28. The second-order valence-electron chi connectivity index (χ2n) is 9.97. The van der Waals surface area contributed by atoms with Crippen LogP contribution in [-0.2, 0) is 9.78 Å². The zero-order valence-corrected chi connectivity index (χ0v) is 18.4. The molecule has 0 amide bonds. The van der Waals surface area contributed by atoms with E-state index in [0.717, 1.165) is 13.1 Å². The Balaban J connectivity index is 4.98. The maximum absolute atomic E-state index is 6.03. The van der Waals surface area contributed by atoms with Gasteiger partial charge in [-0.1, -0.05) is 41.5 Å². The summed E-state index contributed by atoms with van der Waals surface area (Å²) >= 11 is 0. The van der Waals surface area contributed by atoms with Gasteiger partial charge in [0.05, 0.1) is 0 Å². The fourth-order valence-corrected chi connectivity index (χ4v) is 1.98. The van der Waals surface area contributed by atoms with Crippen molar-refractivity contribution < 1.29 is 9.78 Å². The lowest BCUT2D eigenvalue weighted by Gasteiger charge is -2.38. The molecule has 0 saturated carbocycles. The van der Waals surface area contributed by atoms with Crippen molar-refractivity contribution in [2.45, 2.75) is 93.5 Å². The van der Waals surface area contributed by atoms with E-state index in [2.05, 4.69) is 93.1 Å². The fourth-order valence-electron chi connectivity index (χ4n) is 1.98. The van der Waals surface area contributed by atoms with Crippen LogP contribution in [0.15, 0.2) is 0 Å². The molecule has 0 saturated heterocycles. The first-order valence-corrected chi connectivity index (χ1v) is 9.38. The Labute approximate surface area is 151 Å². The summed E-state index contributed by atoms with van der Waals surface area (Å²) in [6.07, 6.45) is 0.0539. The van der Waals surface area contributed by atoms with Crippen molar-refractivity contribution in [3.05, 3.63) is 0 Å². The molecule has 4 nitrogen and oxygen atoms in total. The average molecular weight is 345 g/mol. The lowest BCUT2D eigenvalue weighted by molar-refractivity contribution is -0.381. The van der Waals surface area contributed by atoms with Gasteiger partial charge >= 0.3 is 0 Å². The van der Waals surface area contributed by atoms with Crippen LogP contribution < -0.4 is 0 Å². The molecule has 24 heavy (non-hydrogen) atoms. The van der Waals surface area contributed by atoms with E-state index >= 15 is 0 Å². The van der Waals surface area contributed by atoms with Crippen molar-refractivity contribution in [3.8, 4) is 0 Å². The minimum Gasteiger partial charge on any atom is -0.301 e. The highest BCUT2D eigenvalue weighted by Crippen LogP contribution is 2.28. The monoisotopic (exact) mass is 344 g/mol. The van der Waals surface area contributed by atoms with Crippen molar-refractivity contribution in [1.82, 2.24) is 9.80 Å². The molecule has 0 aliphatic heterocycles. The molecule has 2 atom stereocenters. The molecule has 146 valence electrons. The van der Waals surface area contributed by atoms with E-state index in [1.54, 1.807) is 0 Å². The van der Waals surface area contributed by atoms with Crippen LogP contribution in [-0.4, -0.2) is 61.3 Å². The SMILES string of the molecule is CC(C)N(C)CC(OOC(CN(C)C(C)C)C(C)(C)C)C(C)(C)C. The van der Waals surface area contributed by atoms with Crippen molar-refractivity contribution in [3.63, 3.8) is 0 Å². The van der Waals surface area contributed by atoms with Crippen LogP contribution in [0.3, 0.4) is 0 Å². The van der Waals surface area contributed by atoms with Crippen molar-refractivity contribution in [1.29, 1.82) is 0 Å². The number of hydrogen-bond donors (Lipinski definition) is 0. The van der Waals surface area contributed by atoms with Crippen LogP contribution in [0.1, 0.15) is 69.2 Å². The third-order valence-electron chi connectivity index (χ3n) is 4.89. The third kappa shape index (κ3) is 8.80. The maximum Gasteiger partial charge on any atom is 0.110 e. The van der Waals surface area contributed by atoms with Crippen LogP contribution in [0.2, 0.25) is 0 Å². The number of hydrogen-bond acceptors (Lipinski definition) is 4. The molecule has 0 aliphatic carbocycles. The predicted molar refractivity (Wildman–Crippen MR) is 104 cm³/mol. The molecule has 0 aromatic rings. The van der Waals surface area contributed by atoms with Gasteiger partial charge in [0.2, 0.25) is 0 Å². The topological polar surface area (TPSA) is 24.9 Å². The predicted octanol–water partition coefficient (Wildman–Crippen LogP) is 4.44. The Bertz CT molecular complexity index is 309. The lowest BCUT2D eigenvalue weighted by Crippen LogP contribution is -2.46. The molecule has 0 rings (SSSR count). The van der Waals surface area contributed by atoms with Crippen LogP contribution >= 0.6 is 0 Å². The van der Waals surface area contributed by atoms with Gasteiger partial charge in [0, 0.05) is 25.2 Å². The first-order valence-electron chi connectivity index (χ1n) is 9.38. The van der Waals surface area contributed by atoms with E-state index in [0.29, 0.717) is 12.1 Å². The average Bonchev–Trinajstić information content (AvgIpc) is 2.38. The van der Waals surface area contributed by atoms with Crippen molar-refractivity contribution >= 4 is 0 Å². The molecule has 0 heterocycles. The second kappa shape index (κ2) is 9.51. The van der Waals surface area contributed by atoms with Crippen LogP contribution in [0.25, 0.3) is 0 Å². The minimum absolute atomic E-state index is 0.0233. The van der Waals surface area contributed by atoms with Gasteiger partial charge in [0.25, 0.3) is 0 Å². The molecule has 0 aromatic carbocycles. The van der Waals surface area contributed by atoms with Gasteiger partial charge < -0.3 is 9.80 Å². The highest BCUT2D eigenvalue weighted by molar-refractivity contribution is 4.80. The molecular weight excluding hydrogens is 300 g/mol. The molecular formula is C20H44N2O2. The van der Waals surface area contributed by atoms with Gasteiger partial charge in [-0.3, -0.25) is 0 Å². The van der Waals surface area contributed by atoms with Gasteiger partial charge in [-0.2, -0.15) is 0 Å². The summed E-state index contributed by atoms with van der Waals surface area (Å²) in [5.74, 6) is 0. The first kappa shape index (κ1) is 23.8.